The summed E-state index contributed by atoms with van der Waals surface area (Å²) in [6.45, 7) is 5.79. The highest BCUT2D eigenvalue weighted by atomic mass is 28.4. The van der Waals surface area contributed by atoms with Gasteiger partial charge < -0.3 is 29.9 Å². The zero-order valence-corrected chi connectivity index (χ0v) is 26.1. The number of aliphatic hydroxyl groups excluding tert-OH is 1. The van der Waals surface area contributed by atoms with Gasteiger partial charge in [-0.1, -0.05) is 43.3 Å². The van der Waals surface area contributed by atoms with Crippen LogP contribution in [0.2, 0.25) is 18.6 Å². The fourth-order valence-electron chi connectivity index (χ4n) is 6.86. The zero-order chi connectivity index (χ0) is 30.7. The van der Waals surface area contributed by atoms with Crippen LogP contribution in [0.1, 0.15) is 46.8 Å². The van der Waals surface area contributed by atoms with Crippen molar-refractivity contribution in [1.82, 2.24) is 4.90 Å². The SMILES string of the molecule is C[C@H]1[C@H]([Si](C)(C)F)[C@@H](CC(=O)N2Cc3ccccc3C[C@H]2CO)O[C@H]1CCc1cccc(NC(=O)c2ccc(N)cc2)c1. The molecule has 0 radical (unpaired) electrons. The number of carbonyl (C=O) groups is 2. The van der Waals surface area contributed by atoms with Crippen LogP contribution in [0.15, 0.2) is 72.8 Å². The summed E-state index contributed by atoms with van der Waals surface area (Å²) in [7, 11) is -3.16. The molecule has 5 rings (SSSR count). The van der Waals surface area contributed by atoms with E-state index in [9.17, 15) is 14.7 Å². The van der Waals surface area contributed by atoms with Gasteiger partial charge in [0.15, 0.2) is 0 Å². The fourth-order valence-corrected chi connectivity index (χ4v) is 9.40. The third kappa shape index (κ3) is 7.17. The first kappa shape index (κ1) is 30.9. The normalized spacial score (nSPS) is 23.6. The second-order valence-electron chi connectivity index (χ2n) is 12.5. The molecule has 3 aromatic carbocycles. The molecule has 2 amide bonds. The quantitative estimate of drug-likeness (QED) is 0.164. The molecule has 3 aromatic rings. The lowest BCUT2D eigenvalue weighted by atomic mass is 9.93. The fraction of sp³-hybridized carbons (Fsp3) is 0.412. The van der Waals surface area contributed by atoms with Crippen LogP contribution in [0.3, 0.4) is 0 Å². The second-order valence-corrected chi connectivity index (χ2v) is 16.3. The standard InChI is InChI=1S/C34H42FN3O4Si/c1-22-30(16-11-23-7-6-10-28(17-23)37-34(41)24-12-14-27(36)15-13-24)42-31(33(22)43(2,3)35)19-32(40)38-20-26-9-5-4-8-25(26)18-29(38)21-39/h4-10,12-15,17,22,29-31,33,39H,11,16,18-21,36H2,1-3H3,(H,37,41)/t22-,29+,30+,31-,33+/m1/s1. The highest BCUT2D eigenvalue weighted by Crippen LogP contribution is 2.47. The number of nitrogen functional groups attached to an aromatic ring is 1. The third-order valence-corrected chi connectivity index (χ3v) is 11.5. The van der Waals surface area contributed by atoms with E-state index in [2.05, 4.69) is 5.32 Å². The number of ether oxygens (including phenoxy) is 1. The molecule has 4 N–H and O–H groups in total. The summed E-state index contributed by atoms with van der Waals surface area (Å²) in [4.78, 5) is 28.0. The van der Waals surface area contributed by atoms with Crippen molar-refractivity contribution in [1.29, 1.82) is 0 Å². The van der Waals surface area contributed by atoms with E-state index < -0.39 is 14.5 Å². The average Bonchev–Trinajstić information content (AvgIpc) is 3.30. The van der Waals surface area contributed by atoms with Crippen molar-refractivity contribution in [2.24, 2.45) is 5.92 Å². The lowest BCUT2D eigenvalue weighted by Crippen LogP contribution is -2.48. The molecule has 0 spiro atoms. The molecule has 0 bridgehead atoms. The van der Waals surface area contributed by atoms with E-state index >= 15 is 4.11 Å². The number of aryl methyl sites for hydroxylation is 1. The number of anilines is 2. The summed E-state index contributed by atoms with van der Waals surface area (Å²) in [5.74, 6) is -0.344. The Kier molecular flexibility index (Phi) is 9.34. The molecule has 43 heavy (non-hydrogen) atoms. The number of halogens is 1. The number of benzene rings is 3. The Morgan fingerprint density at radius 3 is 2.47 bits per heavy atom. The average molecular weight is 604 g/mol. The van der Waals surface area contributed by atoms with Crippen LogP contribution in [0.5, 0.6) is 0 Å². The van der Waals surface area contributed by atoms with Crippen molar-refractivity contribution in [2.45, 2.75) is 76.0 Å². The van der Waals surface area contributed by atoms with Gasteiger partial charge in [0, 0.05) is 29.0 Å². The summed E-state index contributed by atoms with van der Waals surface area (Å²) in [6, 6.07) is 22.2. The Labute approximate surface area is 254 Å². The lowest BCUT2D eigenvalue weighted by molar-refractivity contribution is -0.138. The summed E-state index contributed by atoms with van der Waals surface area (Å²) in [5.41, 5.74) is 10.5. The minimum atomic E-state index is -3.16. The smallest absolute Gasteiger partial charge is 0.255 e. The molecule has 2 heterocycles. The van der Waals surface area contributed by atoms with Crippen LogP contribution in [0.4, 0.5) is 15.5 Å². The van der Waals surface area contributed by atoms with Gasteiger partial charge in [0.1, 0.15) is 0 Å². The third-order valence-electron chi connectivity index (χ3n) is 9.03. The van der Waals surface area contributed by atoms with Gasteiger partial charge in [-0.25, -0.2) is 0 Å². The van der Waals surface area contributed by atoms with Crippen molar-refractivity contribution in [3.63, 3.8) is 0 Å². The molecule has 7 nitrogen and oxygen atoms in total. The van der Waals surface area contributed by atoms with Crippen molar-refractivity contribution in [2.75, 3.05) is 17.7 Å². The number of aliphatic hydroxyl groups is 1. The first-order chi connectivity index (χ1) is 20.5. The predicted octanol–water partition coefficient (Wildman–Crippen LogP) is 5.74. The van der Waals surface area contributed by atoms with Crippen molar-refractivity contribution in [3.8, 4) is 0 Å². The van der Waals surface area contributed by atoms with Gasteiger partial charge in [-0.15, -0.1) is 0 Å². The van der Waals surface area contributed by atoms with E-state index in [1.54, 1.807) is 42.3 Å². The van der Waals surface area contributed by atoms with E-state index in [-0.39, 0.29) is 48.4 Å². The molecule has 0 aliphatic carbocycles. The number of carbonyl (C=O) groups excluding carboxylic acids is 2. The maximum Gasteiger partial charge on any atom is 0.255 e. The minimum Gasteiger partial charge on any atom is -0.399 e. The number of fused-ring (bicyclic) bond motifs is 1. The summed E-state index contributed by atoms with van der Waals surface area (Å²) < 4.78 is 22.2. The van der Waals surface area contributed by atoms with Crippen molar-refractivity contribution >= 4 is 31.6 Å². The van der Waals surface area contributed by atoms with E-state index in [1.807, 2.05) is 55.5 Å². The van der Waals surface area contributed by atoms with E-state index in [4.69, 9.17) is 10.5 Å². The van der Waals surface area contributed by atoms with Gasteiger partial charge in [-0.2, -0.15) is 0 Å². The zero-order valence-electron chi connectivity index (χ0n) is 25.1. The molecule has 0 aromatic heterocycles. The summed E-state index contributed by atoms with van der Waals surface area (Å²) in [5, 5.41) is 13.0. The molecular weight excluding hydrogens is 561 g/mol. The van der Waals surface area contributed by atoms with Crippen LogP contribution >= 0.6 is 0 Å². The number of amides is 2. The predicted molar refractivity (Wildman–Crippen MR) is 170 cm³/mol. The lowest BCUT2D eigenvalue weighted by Gasteiger charge is -2.37. The van der Waals surface area contributed by atoms with Gasteiger partial charge >= 0.3 is 0 Å². The monoisotopic (exact) mass is 603 g/mol. The Balaban J connectivity index is 1.23. The number of hydrogen-bond acceptors (Lipinski definition) is 5. The van der Waals surface area contributed by atoms with Crippen molar-refractivity contribution < 1.29 is 23.5 Å². The molecular formula is C34H42FN3O4Si. The Morgan fingerprint density at radius 2 is 1.77 bits per heavy atom. The second kappa shape index (κ2) is 13.0. The number of rotatable bonds is 9. The van der Waals surface area contributed by atoms with Crippen LogP contribution in [-0.2, 0) is 28.9 Å². The maximum absolute atomic E-state index is 15.7. The number of nitrogens with two attached hydrogens (primary N) is 1. The molecule has 1 saturated heterocycles. The van der Waals surface area contributed by atoms with Crippen molar-refractivity contribution in [3.05, 3.63) is 95.1 Å². The molecule has 1 fully saturated rings. The molecule has 0 unspecified atom stereocenters. The molecule has 5 atom stereocenters. The Bertz CT molecular complexity index is 1440. The largest absolute Gasteiger partial charge is 0.399 e. The summed E-state index contributed by atoms with van der Waals surface area (Å²) >= 11 is 0. The van der Waals surface area contributed by atoms with Crippen LogP contribution in [0, 0.1) is 5.92 Å². The number of hydrogen-bond donors (Lipinski definition) is 3. The topological polar surface area (TPSA) is 105 Å². The molecule has 2 aliphatic heterocycles. The summed E-state index contributed by atoms with van der Waals surface area (Å²) in [6.07, 6.45) is 1.40. The molecule has 0 saturated carbocycles. The molecule has 228 valence electrons. The number of nitrogens with one attached hydrogen (secondary N) is 1. The first-order valence-corrected chi connectivity index (χ1v) is 18.1. The van der Waals surface area contributed by atoms with Gasteiger partial charge in [-0.3, -0.25) is 9.59 Å². The highest BCUT2D eigenvalue weighted by Gasteiger charge is 2.52. The molecule has 2 aliphatic rings. The highest BCUT2D eigenvalue weighted by molar-refractivity contribution is 6.72. The Morgan fingerprint density at radius 1 is 1.05 bits per heavy atom. The van der Waals surface area contributed by atoms with Crippen LogP contribution < -0.4 is 11.1 Å². The van der Waals surface area contributed by atoms with Gasteiger partial charge in [0.05, 0.1) is 31.3 Å². The number of nitrogens with zero attached hydrogens (tertiary/aromatic N) is 1. The van der Waals surface area contributed by atoms with E-state index in [0.717, 1.165) is 16.7 Å². The Hall–Kier alpha value is -3.53. The van der Waals surface area contributed by atoms with Crippen LogP contribution in [0.25, 0.3) is 0 Å². The van der Waals surface area contributed by atoms with E-state index in [1.165, 1.54) is 0 Å². The first-order valence-electron chi connectivity index (χ1n) is 15.1. The van der Waals surface area contributed by atoms with Gasteiger partial charge in [-0.05, 0) is 91.4 Å². The van der Waals surface area contributed by atoms with Crippen LogP contribution in [-0.4, -0.2) is 55.1 Å². The van der Waals surface area contributed by atoms with Gasteiger partial charge in [0.25, 0.3) is 5.91 Å². The van der Waals surface area contributed by atoms with E-state index in [0.29, 0.717) is 42.7 Å². The van der Waals surface area contributed by atoms with Gasteiger partial charge in [0.2, 0.25) is 14.3 Å². The minimum absolute atomic E-state index is 0.0337. The maximum atomic E-state index is 15.7. The molecule has 9 heteroatoms.